The Morgan fingerprint density at radius 3 is 2.29 bits per heavy atom. The summed E-state index contributed by atoms with van der Waals surface area (Å²) in [6.07, 6.45) is 0.451. The number of aryl methyl sites for hydroxylation is 1. The van der Waals surface area contributed by atoms with Crippen LogP contribution in [-0.4, -0.2) is 35.4 Å². The molecule has 0 bridgehead atoms. The zero-order chi connectivity index (χ0) is 22.8. The summed E-state index contributed by atoms with van der Waals surface area (Å²) in [6.45, 7) is 6.13. The number of hydrogen-bond acceptors (Lipinski definition) is 3. The lowest BCUT2D eigenvalue weighted by Gasteiger charge is -2.27. The Bertz CT molecular complexity index is 842. The summed E-state index contributed by atoms with van der Waals surface area (Å²) in [5.41, 5.74) is 3.00. The lowest BCUT2D eigenvalue weighted by molar-refractivity contribution is -0.127. The quantitative estimate of drug-likeness (QED) is 0.461. The topological polar surface area (TPSA) is 78.4 Å². The Balaban J connectivity index is 2.17. The van der Waals surface area contributed by atoms with E-state index < -0.39 is 12.1 Å². The van der Waals surface area contributed by atoms with Gasteiger partial charge in [0.25, 0.3) is 0 Å². The van der Waals surface area contributed by atoms with Gasteiger partial charge < -0.3 is 15.7 Å². The molecule has 3 N–H and O–H groups in total. The molecule has 0 aromatic heterocycles. The number of halogens is 1. The predicted molar refractivity (Wildman–Crippen MR) is 125 cm³/mol. The van der Waals surface area contributed by atoms with Crippen molar-refractivity contribution >= 4 is 23.4 Å². The van der Waals surface area contributed by atoms with Crippen LogP contribution in [-0.2, 0) is 16.0 Å². The smallest absolute Gasteiger partial charge is 0.234 e. The summed E-state index contributed by atoms with van der Waals surface area (Å²) in [7, 11) is 0. The molecule has 0 radical (unpaired) electrons. The predicted octanol–water partition coefficient (Wildman–Crippen LogP) is 3.77. The summed E-state index contributed by atoms with van der Waals surface area (Å²) in [5, 5.41) is 16.3. The first-order chi connectivity index (χ1) is 14.8. The molecule has 6 heteroatoms. The third-order valence-corrected chi connectivity index (χ3v) is 5.70. The molecular weight excluding hydrogens is 412 g/mol. The Hall–Kier alpha value is -2.37. The molecule has 0 aliphatic rings. The molecule has 2 amide bonds. The largest absolute Gasteiger partial charge is 0.391 e. The number of carbonyl (C=O) groups excluding carboxylic acids is 2. The highest BCUT2D eigenvalue weighted by molar-refractivity contribution is 6.27. The second kappa shape index (κ2) is 12.5. The van der Waals surface area contributed by atoms with Crippen molar-refractivity contribution in [3.8, 4) is 0 Å². The molecule has 0 fully saturated rings. The maximum Gasteiger partial charge on any atom is 0.234 e. The molecule has 0 saturated carbocycles. The van der Waals surface area contributed by atoms with Crippen molar-refractivity contribution in [2.75, 3.05) is 12.4 Å². The van der Waals surface area contributed by atoms with E-state index >= 15 is 0 Å². The van der Waals surface area contributed by atoms with Crippen molar-refractivity contribution in [3.63, 3.8) is 0 Å². The van der Waals surface area contributed by atoms with Gasteiger partial charge in [0.15, 0.2) is 0 Å². The van der Waals surface area contributed by atoms with Crippen LogP contribution in [0.3, 0.4) is 0 Å². The molecule has 4 unspecified atom stereocenters. The fourth-order valence-electron chi connectivity index (χ4n) is 3.75. The van der Waals surface area contributed by atoms with E-state index in [0.29, 0.717) is 19.4 Å². The van der Waals surface area contributed by atoms with Crippen LogP contribution in [0.1, 0.15) is 43.0 Å². The molecule has 168 valence electrons. The fourth-order valence-corrected chi connectivity index (χ4v) is 3.85. The molecule has 0 spiro atoms. The molecule has 2 rings (SSSR count). The Morgan fingerprint density at radius 1 is 1.03 bits per heavy atom. The molecule has 5 nitrogen and oxygen atoms in total. The SMILES string of the molecule is Cc1ccccc1C(NC(=O)C(Cc1ccccc1)CC(C)CNC(=O)CCl)C(C)O. The molecular formula is C25H33ClN2O3. The molecule has 2 aromatic rings. The van der Waals surface area contributed by atoms with Crippen LogP contribution >= 0.6 is 11.6 Å². The van der Waals surface area contributed by atoms with Gasteiger partial charge in [-0.1, -0.05) is 61.5 Å². The van der Waals surface area contributed by atoms with E-state index in [1.807, 2.05) is 68.4 Å². The van der Waals surface area contributed by atoms with Crippen molar-refractivity contribution in [3.05, 3.63) is 71.3 Å². The zero-order valence-electron chi connectivity index (χ0n) is 18.5. The van der Waals surface area contributed by atoms with Gasteiger partial charge in [0.05, 0.1) is 12.1 Å². The highest BCUT2D eigenvalue weighted by Gasteiger charge is 2.27. The fraction of sp³-hybridized carbons (Fsp3) is 0.440. The summed E-state index contributed by atoms with van der Waals surface area (Å²) in [4.78, 5) is 24.8. The van der Waals surface area contributed by atoms with Crippen molar-refractivity contribution in [2.24, 2.45) is 11.8 Å². The number of aliphatic hydroxyl groups excluding tert-OH is 1. The maximum absolute atomic E-state index is 13.3. The van der Waals surface area contributed by atoms with Crippen LogP contribution in [0.5, 0.6) is 0 Å². The average molecular weight is 445 g/mol. The summed E-state index contributed by atoms with van der Waals surface area (Å²) < 4.78 is 0. The zero-order valence-corrected chi connectivity index (χ0v) is 19.2. The molecule has 0 aliphatic carbocycles. The molecule has 4 atom stereocenters. The van der Waals surface area contributed by atoms with Crippen LogP contribution in [0.25, 0.3) is 0 Å². The Morgan fingerprint density at radius 2 is 1.68 bits per heavy atom. The maximum atomic E-state index is 13.3. The number of hydrogen-bond donors (Lipinski definition) is 3. The highest BCUT2D eigenvalue weighted by Crippen LogP contribution is 2.24. The summed E-state index contributed by atoms with van der Waals surface area (Å²) in [6, 6.07) is 17.1. The van der Waals surface area contributed by atoms with Gasteiger partial charge in [-0.2, -0.15) is 0 Å². The number of amides is 2. The third-order valence-electron chi connectivity index (χ3n) is 5.46. The minimum atomic E-state index is -0.733. The Kier molecular flexibility index (Phi) is 10.0. The third kappa shape index (κ3) is 8.00. The van der Waals surface area contributed by atoms with E-state index in [2.05, 4.69) is 10.6 Å². The Labute approximate surface area is 190 Å². The van der Waals surface area contributed by atoms with E-state index in [0.717, 1.165) is 16.7 Å². The van der Waals surface area contributed by atoms with Crippen molar-refractivity contribution in [2.45, 2.75) is 45.8 Å². The molecule has 0 heterocycles. The van der Waals surface area contributed by atoms with Gasteiger partial charge in [-0.15, -0.1) is 11.6 Å². The van der Waals surface area contributed by atoms with Crippen molar-refractivity contribution in [1.82, 2.24) is 10.6 Å². The monoisotopic (exact) mass is 444 g/mol. The second-order valence-corrected chi connectivity index (χ2v) is 8.52. The van der Waals surface area contributed by atoms with E-state index in [4.69, 9.17) is 11.6 Å². The molecule has 0 saturated heterocycles. The number of alkyl halides is 1. The minimum Gasteiger partial charge on any atom is -0.391 e. The molecule has 31 heavy (non-hydrogen) atoms. The van der Waals surface area contributed by atoms with Crippen LogP contribution < -0.4 is 10.6 Å². The van der Waals surface area contributed by atoms with Gasteiger partial charge in [0.2, 0.25) is 11.8 Å². The van der Waals surface area contributed by atoms with Gasteiger partial charge in [-0.05, 0) is 49.3 Å². The summed E-state index contributed by atoms with van der Waals surface area (Å²) >= 11 is 5.56. The van der Waals surface area contributed by atoms with Crippen LogP contribution in [0.4, 0.5) is 0 Å². The number of rotatable bonds is 11. The number of nitrogens with one attached hydrogen (secondary N) is 2. The number of benzene rings is 2. The van der Waals surface area contributed by atoms with Crippen molar-refractivity contribution < 1.29 is 14.7 Å². The van der Waals surface area contributed by atoms with E-state index in [1.165, 1.54) is 0 Å². The van der Waals surface area contributed by atoms with Gasteiger partial charge in [-0.25, -0.2) is 0 Å². The van der Waals surface area contributed by atoms with Crippen molar-refractivity contribution in [1.29, 1.82) is 0 Å². The first-order valence-corrected chi connectivity index (χ1v) is 11.3. The molecule has 2 aromatic carbocycles. The van der Waals surface area contributed by atoms with E-state index in [1.54, 1.807) is 6.92 Å². The standard InChI is InChI=1S/C25H33ClN2O3/c1-17(16-27-23(30)15-26)13-21(14-20-10-5-4-6-11-20)25(31)28-24(19(3)29)22-12-8-7-9-18(22)2/h4-12,17,19,21,24,29H,13-16H2,1-3H3,(H,27,30)(H,28,31). The normalized spacial score (nSPS) is 14.9. The highest BCUT2D eigenvalue weighted by atomic mass is 35.5. The van der Waals surface area contributed by atoms with Gasteiger partial charge in [0, 0.05) is 12.5 Å². The van der Waals surface area contributed by atoms with Gasteiger partial charge in [-0.3, -0.25) is 9.59 Å². The van der Waals surface area contributed by atoms with Crippen LogP contribution in [0.2, 0.25) is 0 Å². The minimum absolute atomic E-state index is 0.0762. The average Bonchev–Trinajstić information content (AvgIpc) is 2.76. The second-order valence-electron chi connectivity index (χ2n) is 8.25. The first kappa shape index (κ1) is 24.9. The summed E-state index contributed by atoms with van der Waals surface area (Å²) in [5.74, 6) is -0.599. The lowest BCUT2D eigenvalue weighted by atomic mass is 9.88. The lowest BCUT2D eigenvalue weighted by Crippen LogP contribution is -2.41. The van der Waals surface area contributed by atoms with Crippen LogP contribution in [0, 0.1) is 18.8 Å². The molecule has 0 aliphatic heterocycles. The van der Waals surface area contributed by atoms with E-state index in [-0.39, 0.29) is 29.5 Å². The van der Waals surface area contributed by atoms with Gasteiger partial charge in [0.1, 0.15) is 5.88 Å². The van der Waals surface area contributed by atoms with Crippen LogP contribution in [0.15, 0.2) is 54.6 Å². The number of aliphatic hydroxyl groups is 1. The van der Waals surface area contributed by atoms with Gasteiger partial charge >= 0.3 is 0 Å². The first-order valence-electron chi connectivity index (χ1n) is 10.7. The number of carbonyl (C=O) groups is 2. The van der Waals surface area contributed by atoms with E-state index in [9.17, 15) is 14.7 Å².